The van der Waals surface area contributed by atoms with Crippen molar-refractivity contribution in [2.24, 2.45) is 22.7 Å². The number of fused-ring (bicyclic) bond motifs is 2. The van der Waals surface area contributed by atoms with Crippen molar-refractivity contribution in [3.8, 4) is 0 Å². The number of hydrogen-bond acceptors (Lipinski definition) is 3. The van der Waals surface area contributed by atoms with Gasteiger partial charge in [-0.3, -0.25) is 0 Å². The highest BCUT2D eigenvalue weighted by molar-refractivity contribution is 5.20. The molecule has 3 heteroatoms. The number of aliphatic hydroxyl groups is 1. The standard InChI is InChI=1S/C20H32O3/c1-14-5-6-15-17(2,3)16(21)7-8-18(15,4)20(14)10-9-19(23-20)11-12-22-13-19/h11-12,14-16,21H,5-10,13H2,1-4H3/t14-,15-,16+,18-,19-,20-/m0/s1. The quantitative estimate of drug-likeness (QED) is 0.732. The van der Waals surface area contributed by atoms with Gasteiger partial charge in [-0.2, -0.15) is 0 Å². The van der Waals surface area contributed by atoms with Gasteiger partial charge in [0.15, 0.2) is 0 Å². The van der Waals surface area contributed by atoms with Crippen LogP contribution >= 0.6 is 0 Å². The van der Waals surface area contributed by atoms with Gasteiger partial charge in [0.25, 0.3) is 0 Å². The molecular formula is C20H32O3. The zero-order chi connectivity index (χ0) is 16.5. The van der Waals surface area contributed by atoms with Crippen molar-refractivity contribution >= 4 is 0 Å². The number of hydrogen-bond donors (Lipinski definition) is 1. The number of ether oxygens (including phenoxy) is 2. The van der Waals surface area contributed by atoms with E-state index in [-0.39, 0.29) is 28.1 Å². The smallest absolute Gasteiger partial charge is 0.124 e. The minimum atomic E-state index is -0.195. The number of aliphatic hydroxyl groups excluding tert-OH is 1. The molecule has 0 amide bonds. The zero-order valence-electron chi connectivity index (χ0n) is 15.1. The average Bonchev–Trinajstić information content (AvgIpc) is 3.11. The van der Waals surface area contributed by atoms with Gasteiger partial charge in [-0.1, -0.05) is 27.7 Å². The molecule has 1 saturated heterocycles. The van der Waals surface area contributed by atoms with Crippen molar-refractivity contribution in [2.45, 2.75) is 83.5 Å². The SMILES string of the molecule is C[C@H]1CC[C@H]2C(C)(C)[C@H](O)CC[C@]2(C)[C@]12CC[C@@]1(C=COC1)O2. The maximum Gasteiger partial charge on any atom is 0.124 e. The second-order valence-corrected chi connectivity index (χ2v) is 9.49. The van der Waals surface area contributed by atoms with Gasteiger partial charge >= 0.3 is 0 Å². The van der Waals surface area contributed by atoms with E-state index in [9.17, 15) is 5.11 Å². The summed E-state index contributed by atoms with van der Waals surface area (Å²) >= 11 is 0. The fourth-order valence-corrected chi connectivity index (χ4v) is 6.69. The van der Waals surface area contributed by atoms with E-state index in [0.717, 1.165) is 25.7 Å². The molecule has 4 rings (SSSR count). The van der Waals surface area contributed by atoms with Gasteiger partial charge in [0, 0.05) is 5.41 Å². The Hall–Kier alpha value is -0.540. The summed E-state index contributed by atoms with van der Waals surface area (Å²) in [5.41, 5.74) is -0.140. The van der Waals surface area contributed by atoms with Crippen molar-refractivity contribution in [2.75, 3.05) is 6.61 Å². The first-order chi connectivity index (χ1) is 10.8. The van der Waals surface area contributed by atoms with E-state index in [2.05, 4.69) is 33.8 Å². The normalized spacial score (nSPS) is 54.4. The fourth-order valence-electron chi connectivity index (χ4n) is 6.69. The van der Waals surface area contributed by atoms with Gasteiger partial charge < -0.3 is 14.6 Å². The Morgan fingerprint density at radius 2 is 1.83 bits per heavy atom. The highest BCUT2D eigenvalue weighted by Crippen LogP contribution is 2.67. The van der Waals surface area contributed by atoms with Crippen LogP contribution in [0.5, 0.6) is 0 Å². The third-order valence-corrected chi connectivity index (χ3v) is 8.21. The highest BCUT2D eigenvalue weighted by atomic mass is 16.6. The monoisotopic (exact) mass is 320 g/mol. The average molecular weight is 320 g/mol. The molecule has 0 bridgehead atoms. The highest BCUT2D eigenvalue weighted by Gasteiger charge is 2.68. The molecule has 0 aromatic heterocycles. The van der Waals surface area contributed by atoms with Crippen molar-refractivity contribution in [1.29, 1.82) is 0 Å². The Kier molecular flexibility index (Phi) is 3.30. The predicted octanol–water partition coefficient (Wildman–Crippen LogP) is 4.05. The first-order valence-electron chi connectivity index (χ1n) is 9.43. The minimum Gasteiger partial charge on any atom is -0.498 e. The Balaban J connectivity index is 1.75. The molecule has 2 spiro atoms. The summed E-state index contributed by atoms with van der Waals surface area (Å²) in [5.74, 6) is 1.10. The van der Waals surface area contributed by atoms with E-state index >= 15 is 0 Å². The molecule has 23 heavy (non-hydrogen) atoms. The van der Waals surface area contributed by atoms with E-state index in [1.807, 2.05) is 6.26 Å². The first kappa shape index (κ1) is 16.0. The van der Waals surface area contributed by atoms with E-state index in [4.69, 9.17) is 9.47 Å². The molecule has 0 aromatic rings. The van der Waals surface area contributed by atoms with Crippen molar-refractivity contribution in [3.05, 3.63) is 12.3 Å². The lowest BCUT2D eigenvalue weighted by Gasteiger charge is -2.64. The molecule has 3 fully saturated rings. The maximum atomic E-state index is 10.6. The Labute approximate surface area is 140 Å². The van der Waals surface area contributed by atoms with Crippen LogP contribution in [0.15, 0.2) is 12.3 Å². The van der Waals surface area contributed by atoms with E-state index < -0.39 is 0 Å². The van der Waals surface area contributed by atoms with Crippen molar-refractivity contribution < 1.29 is 14.6 Å². The van der Waals surface area contributed by atoms with E-state index in [1.165, 1.54) is 12.8 Å². The summed E-state index contributed by atoms with van der Waals surface area (Å²) in [6, 6.07) is 0. The van der Waals surface area contributed by atoms with Crippen molar-refractivity contribution in [1.82, 2.24) is 0 Å². The molecule has 1 N–H and O–H groups in total. The summed E-state index contributed by atoms with van der Waals surface area (Å²) in [7, 11) is 0. The Morgan fingerprint density at radius 1 is 1.04 bits per heavy atom. The maximum absolute atomic E-state index is 10.6. The molecule has 2 aliphatic heterocycles. The van der Waals surface area contributed by atoms with Crippen LogP contribution in [-0.2, 0) is 9.47 Å². The molecule has 2 saturated carbocycles. The molecule has 4 aliphatic rings. The molecule has 0 radical (unpaired) electrons. The lowest BCUT2D eigenvalue weighted by molar-refractivity contribution is -0.255. The fraction of sp³-hybridized carbons (Fsp3) is 0.900. The molecule has 0 aromatic carbocycles. The van der Waals surface area contributed by atoms with Crippen LogP contribution in [0.2, 0.25) is 0 Å². The van der Waals surface area contributed by atoms with Gasteiger partial charge in [-0.15, -0.1) is 0 Å². The van der Waals surface area contributed by atoms with Gasteiger partial charge in [0.2, 0.25) is 0 Å². The topological polar surface area (TPSA) is 38.7 Å². The summed E-state index contributed by atoms with van der Waals surface area (Å²) < 4.78 is 12.5. The lowest BCUT2D eigenvalue weighted by atomic mass is 9.44. The Bertz CT molecular complexity index is 527. The predicted molar refractivity (Wildman–Crippen MR) is 89.9 cm³/mol. The molecular weight excluding hydrogens is 288 g/mol. The van der Waals surface area contributed by atoms with Crippen LogP contribution in [0.3, 0.4) is 0 Å². The van der Waals surface area contributed by atoms with E-state index in [1.54, 1.807) is 0 Å². The molecule has 2 aliphatic carbocycles. The van der Waals surface area contributed by atoms with Gasteiger partial charge in [-0.25, -0.2) is 0 Å². The second kappa shape index (κ2) is 4.76. The summed E-state index contributed by atoms with van der Waals surface area (Å²) in [6.07, 6.45) is 10.4. The van der Waals surface area contributed by atoms with Gasteiger partial charge in [0.1, 0.15) is 12.2 Å². The number of rotatable bonds is 0. The molecule has 3 nitrogen and oxygen atoms in total. The third-order valence-electron chi connectivity index (χ3n) is 8.21. The second-order valence-electron chi connectivity index (χ2n) is 9.49. The van der Waals surface area contributed by atoms with Crippen molar-refractivity contribution in [3.63, 3.8) is 0 Å². The summed E-state index contributed by atoms with van der Waals surface area (Å²) in [6.45, 7) is 10.1. The molecule has 2 heterocycles. The third kappa shape index (κ3) is 1.90. The van der Waals surface area contributed by atoms with Crippen LogP contribution in [0.25, 0.3) is 0 Å². The Morgan fingerprint density at radius 3 is 2.52 bits per heavy atom. The molecule has 6 atom stereocenters. The summed E-state index contributed by atoms with van der Waals surface area (Å²) in [4.78, 5) is 0. The lowest BCUT2D eigenvalue weighted by Crippen LogP contribution is -2.65. The van der Waals surface area contributed by atoms with Crippen LogP contribution in [0, 0.1) is 22.7 Å². The van der Waals surface area contributed by atoms with Gasteiger partial charge in [-0.05, 0) is 61.9 Å². The zero-order valence-corrected chi connectivity index (χ0v) is 15.1. The van der Waals surface area contributed by atoms with E-state index in [0.29, 0.717) is 18.4 Å². The molecule has 0 unspecified atom stereocenters. The minimum absolute atomic E-state index is 0.0265. The van der Waals surface area contributed by atoms with Crippen LogP contribution in [0.4, 0.5) is 0 Å². The summed E-state index contributed by atoms with van der Waals surface area (Å²) in [5, 5.41) is 10.6. The van der Waals surface area contributed by atoms with Crippen LogP contribution in [-0.4, -0.2) is 29.0 Å². The van der Waals surface area contributed by atoms with Gasteiger partial charge in [0.05, 0.1) is 18.0 Å². The molecule has 130 valence electrons. The largest absolute Gasteiger partial charge is 0.498 e. The van der Waals surface area contributed by atoms with Crippen LogP contribution in [0.1, 0.15) is 66.2 Å². The van der Waals surface area contributed by atoms with Crippen LogP contribution < -0.4 is 0 Å². The first-order valence-corrected chi connectivity index (χ1v) is 9.43.